The lowest BCUT2D eigenvalue weighted by Gasteiger charge is -2.08. The smallest absolute Gasteiger partial charge is 0.00167 e. The van der Waals surface area contributed by atoms with E-state index in [-0.39, 0.29) is 0 Å². The van der Waals surface area contributed by atoms with Gasteiger partial charge >= 0.3 is 0 Å². The van der Waals surface area contributed by atoms with Gasteiger partial charge in [0.05, 0.1) is 0 Å². The first-order chi connectivity index (χ1) is 9.31. The standard InChI is InChI=1S/C18H38S/c1-3-5-6-7-8-9-10-11-12-13-14-15-17-18(19)16-4-2/h18-19H,3-17H2,1-2H3. The Morgan fingerprint density at radius 1 is 0.526 bits per heavy atom. The van der Waals surface area contributed by atoms with E-state index in [1.165, 1.54) is 96.3 Å². The third-order valence-electron chi connectivity index (χ3n) is 4.01. The zero-order valence-corrected chi connectivity index (χ0v) is 14.5. The Kier molecular flexibility index (Phi) is 16.7. The minimum Gasteiger partial charge on any atom is -0.176 e. The fourth-order valence-electron chi connectivity index (χ4n) is 2.70. The van der Waals surface area contributed by atoms with Crippen LogP contribution in [0, 0.1) is 0 Å². The van der Waals surface area contributed by atoms with E-state index < -0.39 is 0 Å². The van der Waals surface area contributed by atoms with Crippen LogP contribution in [-0.2, 0) is 0 Å². The van der Waals surface area contributed by atoms with Crippen LogP contribution in [0.15, 0.2) is 0 Å². The molecule has 0 radical (unpaired) electrons. The molecule has 116 valence electrons. The van der Waals surface area contributed by atoms with Gasteiger partial charge in [-0.3, -0.25) is 0 Å². The summed E-state index contributed by atoms with van der Waals surface area (Å²) in [4.78, 5) is 0. The van der Waals surface area contributed by atoms with Gasteiger partial charge in [0.1, 0.15) is 0 Å². The van der Waals surface area contributed by atoms with Crippen molar-refractivity contribution in [1.82, 2.24) is 0 Å². The first kappa shape index (κ1) is 19.4. The molecule has 0 aliphatic heterocycles. The second-order valence-corrected chi connectivity index (χ2v) is 6.85. The maximum atomic E-state index is 4.62. The molecule has 0 bridgehead atoms. The van der Waals surface area contributed by atoms with Gasteiger partial charge in [0.15, 0.2) is 0 Å². The summed E-state index contributed by atoms with van der Waals surface area (Å²) in [5.41, 5.74) is 0. The van der Waals surface area contributed by atoms with Crippen molar-refractivity contribution < 1.29 is 0 Å². The van der Waals surface area contributed by atoms with E-state index in [0.717, 1.165) is 0 Å². The zero-order chi connectivity index (χ0) is 14.2. The Labute approximate surface area is 128 Å². The predicted octanol–water partition coefficient (Wildman–Crippen LogP) is 7.18. The molecule has 0 aromatic heterocycles. The summed E-state index contributed by atoms with van der Waals surface area (Å²) in [5.74, 6) is 0. The molecule has 0 spiro atoms. The van der Waals surface area contributed by atoms with Gasteiger partial charge in [0.25, 0.3) is 0 Å². The molecule has 0 aromatic carbocycles. The summed E-state index contributed by atoms with van der Waals surface area (Å²) >= 11 is 4.62. The summed E-state index contributed by atoms with van der Waals surface area (Å²) in [6.07, 6.45) is 21.2. The van der Waals surface area contributed by atoms with Crippen molar-refractivity contribution in [1.29, 1.82) is 0 Å². The average molecular weight is 287 g/mol. The first-order valence-corrected chi connectivity index (χ1v) is 9.51. The van der Waals surface area contributed by atoms with Crippen molar-refractivity contribution in [3.63, 3.8) is 0 Å². The molecule has 0 fully saturated rings. The highest BCUT2D eigenvalue weighted by atomic mass is 32.1. The van der Waals surface area contributed by atoms with Crippen molar-refractivity contribution in [2.45, 2.75) is 115 Å². The third kappa shape index (κ3) is 16.3. The normalized spacial score (nSPS) is 12.8. The fraction of sp³-hybridized carbons (Fsp3) is 1.00. The number of thiol groups is 1. The van der Waals surface area contributed by atoms with Crippen LogP contribution in [-0.4, -0.2) is 5.25 Å². The average Bonchev–Trinajstić information content (AvgIpc) is 2.40. The van der Waals surface area contributed by atoms with Crippen molar-refractivity contribution in [2.75, 3.05) is 0 Å². The van der Waals surface area contributed by atoms with Crippen molar-refractivity contribution in [2.24, 2.45) is 0 Å². The van der Waals surface area contributed by atoms with Crippen molar-refractivity contribution >= 4 is 12.6 Å². The van der Waals surface area contributed by atoms with Gasteiger partial charge in [-0.25, -0.2) is 0 Å². The van der Waals surface area contributed by atoms with Crippen LogP contribution in [0.3, 0.4) is 0 Å². The molecular weight excluding hydrogens is 248 g/mol. The second-order valence-electron chi connectivity index (χ2n) is 6.12. The highest BCUT2D eigenvalue weighted by Gasteiger charge is 2.00. The topological polar surface area (TPSA) is 0 Å². The Bertz CT molecular complexity index is 156. The largest absolute Gasteiger partial charge is 0.176 e. The molecule has 0 saturated heterocycles. The SMILES string of the molecule is CCCCCCCCCCCCCCC(S)CCC. The van der Waals surface area contributed by atoms with Crippen LogP contribution in [0.1, 0.15) is 110 Å². The van der Waals surface area contributed by atoms with Gasteiger partial charge in [-0.05, 0) is 12.8 Å². The summed E-state index contributed by atoms with van der Waals surface area (Å²) in [6.45, 7) is 4.55. The monoisotopic (exact) mass is 286 g/mol. The third-order valence-corrected chi connectivity index (χ3v) is 4.53. The summed E-state index contributed by atoms with van der Waals surface area (Å²) in [5, 5.41) is 0.660. The summed E-state index contributed by atoms with van der Waals surface area (Å²) < 4.78 is 0. The fourth-order valence-corrected chi connectivity index (χ4v) is 3.14. The Hall–Kier alpha value is 0.350. The summed E-state index contributed by atoms with van der Waals surface area (Å²) in [6, 6.07) is 0. The van der Waals surface area contributed by atoms with Crippen LogP contribution in [0.5, 0.6) is 0 Å². The zero-order valence-electron chi connectivity index (χ0n) is 13.6. The van der Waals surface area contributed by atoms with E-state index in [1.807, 2.05) is 0 Å². The molecule has 0 N–H and O–H groups in total. The van der Waals surface area contributed by atoms with Gasteiger partial charge < -0.3 is 0 Å². The molecule has 0 aliphatic carbocycles. The molecule has 1 heteroatoms. The molecule has 0 rings (SSSR count). The van der Waals surface area contributed by atoms with E-state index in [2.05, 4.69) is 26.5 Å². The molecule has 1 unspecified atom stereocenters. The van der Waals surface area contributed by atoms with Crippen molar-refractivity contribution in [3.8, 4) is 0 Å². The molecular formula is C18H38S. The van der Waals surface area contributed by atoms with Crippen LogP contribution in [0.25, 0.3) is 0 Å². The Morgan fingerprint density at radius 3 is 1.37 bits per heavy atom. The molecule has 1 atom stereocenters. The van der Waals surface area contributed by atoms with Crippen LogP contribution >= 0.6 is 12.6 Å². The minimum atomic E-state index is 0.660. The van der Waals surface area contributed by atoms with Crippen LogP contribution in [0.4, 0.5) is 0 Å². The quantitative estimate of drug-likeness (QED) is 0.239. The predicted molar refractivity (Wildman–Crippen MR) is 93.4 cm³/mol. The lowest BCUT2D eigenvalue weighted by atomic mass is 10.0. The highest BCUT2D eigenvalue weighted by molar-refractivity contribution is 7.80. The van der Waals surface area contributed by atoms with Gasteiger partial charge in [-0.15, -0.1) is 0 Å². The molecule has 0 aromatic rings. The maximum absolute atomic E-state index is 4.62. The van der Waals surface area contributed by atoms with E-state index in [0.29, 0.717) is 5.25 Å². The lowest BCUT2D eigenvalue weighted by Crippen LogP contribution is -1.97. The second kappa shape index (κ2) is 16.4. The van der Waals surface area contributed by atoms with Gasteiger partial charge in [-0.2, -0.15) is 12.6 Å². The molecule has 0 nitrogen and oxygen atoms in total. The number of hydrogen-bond donors (Lipinski definition) is 1. The number of unbranched alkanes of at least 4 members (excludes halogenated alkanes) is 11. The molecule has 0 heterocycles. The molecule has 0 amide bonds. The van der Waals surface area contributed by atoms with E-state index in [1.54, 1.807) is 0 Å². The van der Waals surface area contributed by atoms with Crippen LogP contribution < -0.4 is 0 Å². The summed E-state index contributed by atoms with van der Waals surface area (Å²) in [7, 11) is 0. The maximum Gasteiger partial charge on any atom is 0.00167 e. The van der Waals surface area contributed by atoms with E-state index >= 15 is 0 Å². The van der Waals surface area contributed by atoms with Gasteiger partial charge in [0, 0.05) is 5.25 Å². The van der Waals surface area contributed by atoms with E-state index in [4.69, 9.17) is 0 Å². The highest BCUT2D eigenvalue weighted by Crippen LogP contribution is 2.16. The van der Waals surface area contributed by atoms with Gasteiger partial charge in [-0.1, -0.05) is 97.3 Å². The Morgan fingerprint density at radius 2 is 0.947 bits per heavy atom. The first-order valence-electron chi connectivity index (χ1n) is 8.99. The number of hydrogen-bond acceptors (Lipinski definition) is 1. The molecule has 0 saturated carbocycles. The molecule has 0 aliphatic rings. The van der Waals surface area contributed by atoms with E-state index in [9.17, 15) is 0 Å². The van der Waals surface area contributed by atoms with Gasteiger partial charge in [0.2, 0.25) is 0 Å². The van der Waals surface area contributed by atoms with Crippen molar-refractivity contribution in [3.05, 3.63) is 0 Å². The number of rotatable bonds is 15. The van der Waals surface area contributed by atoms with Crippen LogP contribution in [0.2, 0.25) is 0 Å². The lowest BCUT2D eigenvalue weighted by molar-refractivity contribution is 0.534. The minimum absolute atomic E-state index is 0.660. The molecule has 19 heavy (non-hydrogen) atoms. The Balaban J connectivity index is 2.99.